The first-order valence-electron chi connectivity index (χ1n) is 6.17. The van der Waals surface area contributed by atoms with E-state index < -0.39 is 0 Å². The van der Waals surface area contributed by atoms with E-state index in [4.69, 9.17) is 12.6 Å². The number of hydrogen-bond acceptors (Lipinski definition) is 1. The number of benzene rings is 1. The molecular weight excluding hydrogens is 134 g/mol. The fraction of sp³-hybridized carbons (Fsp3) is 0.400. The number of rotatable bonds is 3. The Morgan fingerprint density at radius 3 is 2.64 bits per heavy atom. The van der Waals surface area contributed by atoms with Gasteiger partial charge in [0.05, 0.1) is 6.85 Å². The summed E-state index contributed by atoms with van der Waals surface area (Å²) in [4.78, 5) is 0. The summed E-state index contributed by atoms with van der Waals surface area (Å²) in [5.74, 6) is 0. The largest absolute Gasteiger partial charge is 0.328 e. The molecule has 0 amide bonds. The average Bonchev–Trinajstić information content (AvgIpc) is 2.23. The highest BCUT2D eigenvalue weighted by Crippen LogP contribution is 2.02. The zero-order valence-corrected chi connectivity index (χ0v) is 6.57. The van der Waals surface area contributed by atoms with Crippen LogP contribution in [-0.4, -0.2) is 6.04 Å². The van der Waals surface area contributed by atoms with Crippen LogP contribution in [-0.2, 0) is 6.42 Å². The highest BCUT2D eigenvalue weighted by atomic mass is 14.6. The fourth-order valence-electron chi connectivity index (χ4n) is 0.773. The summed E-state index contributed by atoms with van der Waals surface area (Å²) < 4.78 is 37.7. The molecule has 1 aromatic carbocycles. The fourth-order valence-corrected chi connectivity index (χ4v) is 0.773. The van der Waals surface area contributed by atoms with Gasteiger partial charge in [-0.3, -0.25) is 0 Å². The van der Waals surface area contributed by atoms with Crippen molar-refractivity contribution >= 4 is 0 Å². The van der Waals surface area contributed by atoms with Crippen molar-refractivity contribution in [1.82, 2.24) is 0 Å². The minimum atomic E-state index is -0.348. The van der Waals surface area contributed by atoms with Gasteiger partial charge in [0, 0.05) is 6.04 Å². The molecule has 0 spiro atoms. The maximum Gasteiger partial charge on any atom is 0.0626 e. The van der Waals surface area contributed by atoms with Crippen molar-refractivity contribution in [3.05, 3.63) is 35.8 Å². The highest BCUT2D eigenvalue weighted by Gasteiger charge is 1.94. The van der Waals surface area contributed by atoms with E-state index in [1.807, 2.05) is 6.92 Å². The zero-order valence-electron chi connectivity index (χ0n) is 11.6. The summed E-state index contributed by atoms with van der Waals surface area (Å²) in [6, 6.07) is -1.18. The van der Waals surface area contributed by atoms with Crippen LogP contribution in [0.15, 0.2) is 30.2 Å². The van der Waals surface area contributed by atoms with Crippen LogP contribution in [0.5, 0.6) is 0 Å². The second-order valence-electron chi connectivity index (χ2n) is 2.62. The second-order valence-corrected chi connectivity index (χ2v) is 2.62. The van der Waals surface area contributed by atoms with E-state index in [9.17, 15) is 0 Å². The van der Waals surface area contributed by atoms with E-state index in [1.165, 1.54) is 0 Å². The van der Waals surface area contributed by atoms with Crippen molar-refractivity contribution in [1.29, 1.82) is 0 Å². The van der Waals surface area contributed by atoms with E-state index in [-0.39, 0.29) is 36.3 Å². The van der Waals surface area contributed by atoms with Crippen molar-refractivity contribution < 1.29 is 6.85 Å². The molecule has 1 nitrogen and oxygen atoms in total. The molecule has 0 saturated heterocycles. The Labute approximate surface area is 75.3 Å². The Morgan fingerprint density at radius 1 is 1.45 bits per heavy atom. The lowest BCUT2D eigenvalue weighted by atomic mass is 10.1. The van der Waals surface area contributed by atoms with E-state index in [2.05, 4.69) is 0 Å². The van der Waals surface area contributed by atoms with Gasteiger partial charge in [-0.1, -0.05) is 30.2 Å². The van der Waals surface area contributed by atoms with E-state index in [0.29, 0.717) is 18.4 Å². The zero-order chi connectivity index (χ0) is 12.5. The minimum Gasteiger partial charge on any atom is -0.328 e. The van der Waals surface area contributed by atoms with Crippen molar-refractivity contribution in [2.75, 3.05) is 0 Å². The molecule has 1 aromatic rings. The molecular formula is C10H15N. The molecule has 1 rings (SSSR count). The molecule has 1 heteroatoms. The summed E-state index contributed by atoms with van der Waals surface area (Å²) in [6.45, 7) is 1.83. The van der Waals surface area contributed by atoms with Gasteiger partial charge >= 0.3 is 0 Å². The molecule has 2 N–H and O–H groups in total. The first kappa shape index (κ1) is 3.72. The molecule has 0 radical (unpaired) electrons. The summed E-state index contributed by atoms with van der Waals surface area (Å²) in [5.41, 5.74) is 5.94. The molecule has 60 valence electrons. The van der Waals surface area contributed by atoms with E-state index in [1.54, 1.807) is 0 Å². The number of hydrogen-bond donors (Lipinski definition) is 1. The molecule has 0 heterocycles. The Bertz CT molecular complexity index is 374. The lowest BCUT2D eigenvalue weighted by Crippen LogP contribution is -2.15. The highest BCUT2D eigenvalue weighted by molar-refractivity contribution is 5.14. The van der Waals surface area contributed by atoms with Gasteiger partial charge in [0.2, 0.25) is 0 Å². The SMILES string of the molecule is [2H]c1c([2H])c([2H])c(CCC(C)N)c([2H])c1[2H]. The van der Waals surface area contributed by atoms with Crippen LogP contribution in [0.3, 0.4) is 0 Å². The van der Waals surface area contributed by atoms with E-state index in [0.717, 1.165) is 0 Å². The van der Waals surface area contributed by atoms with Gasteiger partial charge in [0.1, 0.15) is 0 Å². The monoisotopic (exact) mass is 154 g/mol. The van der Waals surface area contributed by atoms with Gasteiger partial charge in [-0.15, -0.1) is 0 Å². The van der Waals surface area contributed by atoms with Crippen molar-refractivity contribution in [2.24, 2.45) is 5.73 Å². The third-order valence-electron chi connectivity index (χ3n) is 1.40. The third kappa shape index (κ3) is 3.19. The Morgan fingerprint density at radius 2 is 2.09 bits per heavy atom. The standard InChI is InChI=1S/C10H15N/c1-9(11)7-8-10-5-3-2-4-6-10/h2-6,9H,7-8,11H2,1H3/i2D,3D,4D,5D,6D. The van der Waals surface area contributed by atoms with Crippen LogP contribution in [0, 0.1) is 0 Å². The Hall–Kier alpha value is -0.820. The molecule has 0 aliphatic carbocycles. The molecule has 0 aliphatic heterocycles. The first-order chi connectivity index (χ1) is 7.36. The molecule has 1 unspecified atom stereocenters. The quantitative estimate of drug-likeness (QED) is 0.707. The average molecular weight is 154 g/mol. The molecule has 0 saturated carbocycles. The van der Waals surface area contributed by atoms with Crippen molar-refractivity contribution in [2.45, 2.75) is 25.8 Å². The Balaban J connectivity index is 3.18. The minimum absolute atomic E-state index is 0.0437. The van der Waals surface area contributed by atoms with Crippen molar-refractivity contribution in [3.8, 4) is 0 Å². The molecule has 1 atom stereocenters. The molecule has 0 aromatic heterocycles. The summed E-state index contributed by atoms with van der Waals surface area (Å²) in [6.07, 6.45) is 1.02. The topological polar surface area (TPSA) is 26.0 Å². The van der Waals surface area contributed by atoms with Gasteiger partial charge < -0.3 is 5.73 Å². The van der Waals surface area contributed by atoms with Crippen LogP contribution in [0.2, 0.25) is 0 Å². The normalized spacial score (nSPS) is 19.3. The lowest BCUT2D eigenvalue weighted by Gasteiger charge is -2.03. The number of nitrogens with two attached hydrogens (primary N) is 1. The molecule has 0 fully saturated rings. The molecule has 11 heavy (non-hydrogen) atoms. The van der Waals surface area contributed by atoms with Gasteiger partial charge in [-0.05, 0) is 25.3 Å². The van der Waals surface area contributed by atoms with Gasteiger partial charge in [-0.2, -0.15) is 0 Å². The predicted molar refractivity (Wildman–Crippen MR) is 48.4 cm³/mol. The summed E-state index contributed by atoms with van der Waals surface area (Å²) in [7, 11) is 0. The maximum absolute atomic E-state index is 7.67. The van der Waals surface area contributed by atoms with Crippen LogP contribution in [0.25, 0.3) is 0 Å². The van der Waals surface area contributed by atoms with Gasteiger partial charge in [-0.25, -0.2) is 0 Å². The van der Waals surface area contributed by atoms with Crippen molar-refractivity contribution in [3.63, 3.8) is 0 Å². The van der Waals surface area contributed by atoms with Crippen LogP contribution in [0.1, 0.15) is 25.8 Å². The van der Waals surface area contributed by atoms with E-state index >= 15 is 0 Å². The maximum atomic E-state index is 7.67. The van der Waals surface area contributed by atoms with Crippen LogP contribution < -0.4 is 5.73 Å². The lowest BCUT2D eigenvalue weighted by molar-refractivity contribution is 0.666. The summed E-state index contributed by atoms with van der Waals surface area (Å²) >= 11 is 0. The van der Waals surface area contributed by atoms with Gasteiger partial charge in [0.15, 0.2) is 0 Å². The van der Waals surface area contributed by atoms with Crippen LogP contribution in [0.4, 0.5) is 0 Å². The van der Waals surface area contributed by atoms with Gasteiger partial charge in [0.25, 0.3) is 0 Å². The molecule has 0 bridgehead atoms. The predicted octanol–water partition coefficient (Wildman–Crippen LogP) is 1.97. The molecule has 0 aliphatic rings. The second kappa shape index (κ2) is 4.14. The van der Waals surface area contributed by atoms with Crippen LogP contribution >= 0.6 is 0 Å². The summed E-state index contributed by atoms with van der Waals surface area (Å²) in [5, 5.41) is 0. The first-order valence-corrected chi connectivity index (χ1v) is 3.67. The Kier molecular flexibility index (Phi) is 1.40. The third-order valence-corrected chi connectivity index (χ3v) is 1.40. The smallest absolute Gasteiger partial charge is 0.0626 e.